The summed E-state index contributed by atoms with van der Waals surface area (Å²) in [6.45, 7) is 0.124. The summed E-state index contributed by atoms with van der Waals surface area (Å²) < 4.78 is 0. The number of hydrogen-bond donors (Lipinski definition) is 2. The molecule has 0 aliphatic heterocycles. The van der Waals surface area contributed by atoms with Crippen molar-refractivity contribution in [2.45, 2.75) is 6.04 Å². The van der Waals surface area contributed by atoms with Gasteiger partial charge in [-0.25, -0.2) is 0 Å². The van der Waals surface area contributed by atoms with Crippen LogP contribution in [0.5, 0.6) is 0 Å². The molecule has 4 heteroatoms. The SMILES string of the molecule is CNC(CO)c1cncs1. The maximum absolute atomic E-state index is 8.81. The van der Waals surface area contributed by atoms with Crippen LogP contribution in [0.1, 0.15) is 10.9 Å². The van der Waals surface area contributed by atoms with Crippen LogP contribution in [0.4, 0.5) is 0 Å². The molecule has 0 bridgehead atoms. The molecule has 0 saturated carbocycles. The lowest BCUT2D eigenvalue weighted by Crippen LogP contribution is -2.18. The van der Waals surface area contributed by atoms with E-state index in [0.717, 1.165) is 4.88 Å². The first-order valence-electron chi connectivity index (χ1n) is 3.05. The predicted molar refractivity (Wildman–Crippen MR) is 41.0 cm³/mol. The Hall–Kier alpha value is -0.450. The lowest BCUT2D eigenvalue weighted by Gasteiger charge is -2.08. The second-order valence-electron chi connectivity index (χ2n) is 1.93. The lowest BCUT2D eigenvalue weighted by molar-refractivity contribution is 0.252. The average molecular weight is 158 g/mol. The van der Waals surface area contributed by atoms with E-state index in [1.54, 1.807) is 23.0 Å². The zero-order chi connectivity index (χ0) is 7.40. The Bertz CT molecular complexity index is 172. The first-order valence-corrected chi connectivity index (χ1v) is 3.93. The van der Waals surface area contributed by atoms with Gasteiger partial charge in [-0.05, 0) is 7.05 Å². The third-order valence-corrected chi connectivity index (χ3v) is 2.22. The average Bonchev–Trinajstić information content (AvgIpc) is 2.43. The zero-order valence-electron chi connectivity index (χ0n) is 5.74. The van der Waals surface area contributed by atoms with Crippen molar-refractivity contribution in [2.24, 2.45) is 0 Å². The van der Waals surface area contributed by atoms with Gasteiger partial charge in [0.2, 0.25) is 0 Å². The summed E-state index contributed by atoms with van der Waals surface area (Å²) in [5.74, 6) is 0. The molecule has 1 heterocycles. The summed E-state index contributed by atoms with van der Waals surface area (Å²) in [4.78, 5) is 4.98. The van der Waals surface area contributed by atoms with E-state index >= 15 is 0 Å². The molecule has 1 aromatic rings. The number of hydrogen-bond acceptors (Lipinski definition) is 4. The van der Waals surface area contributed by atoms with Gasteiger partial charge in [-0.2, -0.15) is 0 Å². The van der Waals surface area contributed by atoms with E-state index in [2.05, 4.69) is 10.3 Å². The summed E-state index contributed by atoms with van der Waals surface area (Å²) >= 11 is 1.55. The van der Waals surface area contributed by atoms with Crippen molar-refractivity contribution in [1.82, 2.24) is 10.3 Å². The molecular formula is C6H10N2OS. The molecule has 0 amide bonds. The number of aliphatic hydroxyl groups excluding tert-OH is 1. The molecule has 56 valence electrons. The second-order valence-corrected chi connectivity index (χ2v) is 2.85. The first kappa shape index (κ1) is 7.65. The molecule has 2 N–H and O–H groups in total. The van der Waals surface area contributed by atoms with Crippen molar-refractivity contribution in [1.29, 1.82) is 0 Å². The van der Waals surface area contributed by atoms with Crippen molar-refractivity contribution >= 4 is 11.3 Å². The Morgan fingerprint density at radius 3 is 3.10 bits per heavy atom. The lowest BCUT2D eigenvalue weighted by atomic mass is 10.3. The highest BCUT2D eigenvalue weighted by atomic mass is 32.1. The van der Waals surface area contributed by atoms with Crippen molar-refractivity contribution in [3.05, 3.63) is 16.6 Å². The zero-order valence-corrected chi connectivity index (χ0v) is 6.56. The molecule has 0 saturated heterocycles. The van der Waals surface area contributed by atoms with Gasteiger partial charge in [0.05, 0.1) is 18.2 Å². The third kappa shape index (κ3) is 1.53. The van der Waals surface area contributed by atoms with Crippen LogP contribution < -0.4 is 5.32 Å². The van der Waals surface area contributed by atoms with E-state index < -0.39 is 0 Å². The maximum Gasteiger partial charge on any atom is 0.0794 e. The van der Waals surface area contributed by atoms with E-state index in [-0.39, 0.29) is 12.6 Å². The number of thiazole rings is 1. The molecule has 0 spiro atoms. The Morgan fingerprint density at radius 2 is 2.70 bits per heavy atom. The quantitative estimate of drug-likeness (QED) is 0.669. The maximum atomic E-state index is 8.81. The van der Waals surface area contributed by atoms with Gasteiger partial charge >= 0.3 is 0 Å². The van der Waals surface area contributed by atoms with Gasteiger partial charge in [-0.1, -0.05) is 0 Å². The fourth-order valence-corrected chi connectivity index (χ4v) is 1.44. The number of aromatic nitrogens is 1. The van der Waals surface area contributed by atoms with Crippen LogP contribution >= 0.6 is 11.3 Å². The molecule has 1 atom stereocenters. The Labute approximate surface area is 63.7 Å². The van der Waals surface area contributed by atoms with E-state index in [9.17, 15) is 0 Å². The molecular weight excluding hydrogens is 148 g/mol. The van der Waals surface area contributed by atoms with Crippen molar-refractivity contribution in [3.63, 3.8) is 0 Å². The number of nitrogens with one attached hydrogen (secondary N) is 1. The highest BCUT2D eigenvalue weighted by Crippen LogP contribution is 2.15. The van der Waals surface area contributed by atoms with Gasteiger partial charge in [0.1, 0.15) is 0 Å². The van der Waals surface area contributed by atoms with Crippen LogP contribution in [0, 0.1) is 0 Å². The molecule has 1 aromatic heterocycles. The summed E-state index contributed by atoms with van der Waals surface area (Å²) in [5.41, 5.74) is 1.76. The first-order chi connectivity index (χ1) is 4.88. The van der Waals surface area contributed by atoms with Crippen LogP contribution in [0.15, 0.2) is 11.7 Å². The normalized spacial score (nSPS) is 13.4. The third-order valence-electron chi connectivity index (χ3n) is 1.33. The van der Waals surface area contributed by atoms with E-state index in [0.29, 0.717) is 0 Å². The van der Waals surface area contributed by atoms with Crippen LogP contribution in [0.25, 0.3) is 0 Å². The number of likely N-dealkylation sites (N-methyl/N-ethyl adjacent to an activating group) is 1. The standard InChI is InChI=1S/C6H10N2OS/c1-7-5(3-9)6-2-8-4-10-6/h2,4-5,7,9H,3H2,1H3. The van der Waals surface area contributed by atoms with Gasteiger partial charge in [0, 0.05) is 11.1 Å². The molecule has 0 radical (unpaired) electrons. The molecule has 0 aliphatic rings. The molecule has 0 aliphatic carbocycles. The highest BCUT2D eigenvalue weighted by Gasteiger charge is 2.07. The van der Waals surface area contributed by atoms with E-state index in [4.69, 9.17) is 5.11 Å². The Morgan fingerprint density at radius 1 is 1.90 bits per heavy atom. The molecule has 0 aromatic carbocycles. The predicted octanol–water partition coefficient (Wildman–Crippen LogP) is 0.396. The van der Waals surface area contributed by atoms with Gasteiger partial charge in [-0.15, -0.1) is 11.3 Å². The molecule has 1 rings (SSSR count). The van der Waals surface area contributed by atoms with E-state index in [1.807, 2.05) is 7.05 Å². The fourth-order valence-electron chi connectivity index (χ4n) is 0.721. The minimum atomic E-state index is 0.0486. The fraction of sp³-hybridized carbons (Fsp3) is 0.500. The van der Waals surface area contributed by atoms with Gasteiger partial charge in [0.25, 0.3) is 0 Å². The van der Waals surface area contributed by atoms with Gasteiger partial charge in [-0.3, -0.25) is 4.98 Å². The van der Waals surface area contributed by atoms with Crippen molar-refractivity contribution in [2.75, 3.05) is 13.7 Å². The largest absolute Gasteiger partial charge is 0.394 e. The number of nitrogens with zero attached hydrogens (tertiary/aromatic N) is 1. The highest BCUT2D eigenvalue weighted by molar-refractivity contribution is 7.09. The van der Waals surface area contributed by atoms with Crippen LogP contribution in [0.2, 0.25) is 0 Å². The summed E-state index contributed by atoms with van der Waals surface area (Å²) in [6, 6.07) is 0.0486. The van der Waals surface area contributed by atoms with Gasteiger partial charge < -0.3 is 10.4 Å². The van der Waals surface area contributed by atoms with Crippen LogP contribution in [-0.4, -0.2) is 23.7 Å². The summed E-state index contributed by atoms with van der Waals surface area (Å²) in [6.07, 6.45) is 1.77. The van der Waals surface area contributed by atoms with Gasteiger partial charge in [0.15, 0.2) is 0 Å². The molecule has 0 fully saturated rings. The minimum absolute atomic E-state index is 0.0486. The second kappa shape index (κ2) is 3.65. The van der Waals surface area contributed by atoms with E-state index in [1.165, 1.54) is 0 Å². The summed E-state index contributed by atoms with van der Waals surface area (Å²) in [7, 11) is 1.82. The van der Waals surface area contributed by atoms with Crippen molar-refractivity contribution < 1.29 is 5.11 Å². The van der Waals surface area contributed by atoms with Crippen LogP contribution in [-0.2, 0) is 0 Å². The topological polar surface area (TPSA) is 45.1 Å². The smallest absolute Gasteiger partial charge is 0.0794 e. The molecule has 1 unspecified atom stereocenters. The number of aliphatic hydroxyl groups is 1. The summed E-state index contributed by atoms with van der Waals surface area (Å²) in [5, 5.41) is 11.8. The van der Waals surface area contributed by atoms with Crippen molar-refractivity contribution in [3.8, 4) is 0 Å². The minimum Gasteiger partial charge on any atom is -0.394 e. The molecule has 10 heavy (non-hydrogen) atoms. The monoisotopic (exact) mass is 158 g/mol. The number of rotatable bonds is 3. The van der Waals surface area contributed by atoms with Crippen LogP contribution in [0.3, 0.4) is 0 Å². The molecule has 3 nitrogen and oxygen atoms in total. The Kier molecular flexibility index (Phi) is 2.80. The Balaban J connectivity index is 2.64.